The highest BCUT2D eigenvalue weighted by atomic mass is 15.2. The van der Waals surface area contributed by atoms with Crippen LogP contribution in [0.2, 0.25) is 0 Å². The fraction of sp³-hybridized carbons (Fsp3) is 0.444. The van der Waals surface area contributed by atoms with Crippen molar-refractivity contribution in [1.82, 2.24) is 15.1 Å². The highest BCUT2D eigenvalue weighted by Crippen LogP contribution is 2.24. The number of fused-ring (bicyclic) bond motifs is 1. The second-order valence-corrected chi connectivity index (χ2v) is 6.14. The van der Waals surface area contributed by atoms with E-state index in [1.54, 1.807) is 0 Å². The maximum atomic E-state index is 3.43. The van der Waals surface area contributed by atoms with Crippen LogP contribution in [0.3, 0.4) is 0 Å². The van der Waals surface area contributed by atoms with E-state index in [9.17, 15) is 0 Å². The first kappa shape index (κ1) is 14.5. The van der Waals surface area contributed by atoms with Gasteiger partial charge in [-0.3, -0.25) is 4.90 Å². The average Bonchev–Trinajstić information content (AvgIpc) is 2.53. The van der Waals surface area contributed by atoms with E-state index in [1.807, 2.05) is 0 Å². The van der Waals surface area contributed by atoms with Crippen molar-refractivity contribution in [3.63, 3.8) is 0 Å². The molecular formula is C18H25N3. The number of hydrogen-bond acceptors (Lipinski definition) is 3. The summed E-state index contributed by atoms with van der Waals surface area (Å²) in [4.78, 5) is 4.91. The number of hydrogen-bond donors (Lipinski definition) is 1. The molecule has 0 radical (unpaired) electrons. The van der Waals surface area contributed by atoms with Gasteiger partial charge in [0.05, 0.1) is 0 Å². The van der Waals surface area contributed by atoms with Crippen LogP contribution in [-0.2, 0) is 0 Å². The van der Waals surface area contributed by atoms with E-state index in [4.69, 9.17) is 0 Å². The van der Waals surface area contributed by atoms with Crippen LogP contribution in [0, 0.1) is 0 Å². The van der Waals surface area contributed by atoms with Crippen molar-refractivity contribution in [2.45, 2.75) is 6.04 Å². The summed E-state index contributed by atoms with van der Waals surface area (Å²) in [6, 6.07) is 15.9. The van der Waals surface area contributed by atoms with Crippen molar-refractivity contribution < 1.29 is 0 Å². The highest BCUT2D eigenvalue weighted by Gasteiger charge is 2.19. The molecule has 112 valence electrons. The molecule has 1 aliphatic heterocycles. The molecule has 2 aromatic carbocycles. The SMILES string of the molecule is CN(C)C(CN1CCNCC1)c1ccc2ccccc2c1. The monoisotopic (exact) mass is 283 g/mol. The molecule has 1 unspecified atom stereocenters. The lowest BCUT2D eigenvalue weighted by Gasteiger charge is -2.34. The molecule has 1 saturated heterocycles. The molecule has 3 nitrogen and oxygen atoms in total. The van der Waals surface area contributed by atoms with Crippen LogP contribution in [-0.4, -0.2) is 56.6 Å². The lowest BCUT2D eigenvalue weighted by molar-refractivity contribution is 0.168. The molecule has 0 spiro atoms. The van der Waals surface area contributed by atoms with Gasteiger partial charge in [-0.15, -0.1) is 0 Å². The number of likely N-dealkylation sites (N-methyl/N-ethyl adjacent to an activating group) is 1. The molecule has 1 N–H and O–H groups in total. The Kier molecular flexibility index (Phi) is 4.54. The van der Waals surface area contributed by atoms with Gasteiger partial charge in [-0.2, -0.15) is 0 Å². The molecule has 1 aliphatic rings. The van der Waals surface area contributed by atoms with Gasteiger partial charge in [-0.05, 0) is 36.5 Å². The van der Waals surface area contributed by atoms with Crippen LogP contribution in [0.25, 0.3) is 10.8 Å². The zero-order valence-electron chi connectivity index (χ0n) is 13.0. The molecule has 2 aromatic rings. The lowest BCUT2D eigenvalue weighted by atomic mass is 10.0. The minimum Gasteiger partial charge on any atom is -0.314 e. The van der Waals surface area contributed by atoms with Gasteiger partial charge < -0.3 is 10.2 Å². The summed E-state index contributed by atoms with van der Waals surface area (Å²) in [5.41, 5.74) is 1.41. The third-order valence-electron chi connectivity index (χ3n) is 4.42. The zero-order valence-corrected chi connectivity index (χ0v) is 13.0. The Morgan fingerprint density at radius 2 is 1.76 bits per heavy atom. The molecule has 0 amide bonds. The van der Waals surface area contributed by atoms with Crippen molar-refractivity contribution in [2.75, 3.05) is 46.8 Å². The predicted octanol–water partition coefficient (Wildman–Crippen LogP) is 2.35. The highest BCUT2D eigenvalue weighted by molar-refractivity contribution is 5.83. The van der Waals surface area contributed by atoms with Gasteiger partial charge in [0.2, 0.25) is 0 Å². The van der Waals surface area contributed by atoms with Crippen LogP contribution >= 0.6 is 0 Å². The van der Waals surface area contributed by atoms with Gasteiger partial charge in [-0.25, -0.2) is 0 Å². The number of piperazine rings is 1. The van der Waals surface area contributed by atoms with Crippen LogP contribution in [0.1, 0.15) is 11.6 Å². The van der Waals surface area contributed by atoms with Gasteiger partial charge in [0.25, 0.3) is 0 Å². The minimum absolute atomic E-state index is 0.452. The van der Waals surface area contributed by atoms with Crippen molar-refractivity contribution in [1.29, 1.82) is 0 Å². The molecule has 0 aromatic heterocycles. The smallest absolute Gasteiger partial charge is 0.0469 e. The number of benzene rings is 2. The maximum absolute atomic E-state index is 3.43. The molecular weight excluding hydrogens is 258 g/mol. The van der Waals surface area contributed by atoms with Crippen LogP contribution in [0.5, 0.6) is 0 Å². The summed E-state index contributed by atoms with van der Waals surface area (Å²) in [5, 5.41) is 6.08. The third kappa shape index (κ3) is 3.43. The van der Waals surface area contributed by atoms with Crippen LogP contribution < -0.4 is 5.32 Å². The largest absolute Gasteiger partial charge is 0.314 e. The predicted molar refractivity (Wildman–Crippen MR) is 89.7 cm³/mol. The summed E-state index contributed by atoms with van der Waals surface area (Å²) in [6.45, 7) is 5.62. The number of nitrogens with one attached hydrogen (secondary N) is 1. The van der Waals surface area contributed by atoms with Crippen molar-refractivity contribution in [3.05, 3.63) is 48.0 Å². The average molecular weight is 283 g/mol. The first-order valence-electron chi connectivity index (χ1n) is 7.82. The molecule has 1 atom stereocenters. The second kappa shape index (κ2) is 6.56. The Bertz CT molecular complexity index is 588. The third-order valence-corrected chi connectivity index (χ3v) is 4.42. The molecule has 21 heavy (non-hydrogen) atoms. The van der Waals surface area contributed by atoms with Gasteiger partial charge in [0, 0.05) is 38.8 Å². The topological polar surface area (TPSA) is 18.5 Å². The van der Waals surface area contributed by atoms with E-state index in [-0.39, 0.29) is 0 Å². The quantitative estimate of drug-likeness (QED) is 0.929. The fourth-order valence-electron chi connectivity index (χ4n) is 3.12. The summed E-state index contributed by atoms with van der Waals surface area (Å²) in [6.07, 6.45) is 0. The Labute approximate surface area is 127 Å². The first-order valence-corrected chi connectivity index (χ1v) is 7.82. The van der Waals surface area contributed by atoms with E-state index in [2.05, 4.69) is 71.7 Å². The molecule has 1 fully saturated rings. The summed E-state index contributed by atoms with van der Waals surface area (Å²) in [5.74, 6) is 0. The summed E-state index contributed by atoms with van der Waals surface area (Å²) >= 11 is 0. The van der Waals surface area contributed by atoms with Gasteiger partial charge in [0.1, 0.15) is 0 Å². The lowest BCUT2D eigenvalue weighted by Crippen LogP contribution is -2.46. The van der Waals surface area contributed by atoms with E-state index < -0.39 is 0 Å². The Morgan fingerprint density at radius 3 is 2.48 bits per heavy atom. The Hall–Kier alpha value is -1.42. The molecule has 3 rings (SSSR count). The fourth-order valence-corrected chi connectivity index (χ4v) is 3.12. The normalized spacial score (nSPS) is 18.2. The molecule has 3 heteroatoms. The summed E-state index contributed by atoms with van der Waals surface area (Å²) < 4.78 is 0. The van der Waals surface area contributed by atoms with Crippen molar-refractivity contribution >= 4 is 10.8 Å². The second-order valence-electron chi connectivity index (χ2n) is 6.14. The molecule has 0 aliphatic carbocycles. The standard InChI is InChI=1S/C18H25N3/c1-20(2)18(14-21-11-9-19-10-12-21)17-8-7-15-5-3-4-6-16(15)13-17/h3-8,13,18-19H,9-12,14H2,1-2H3. The number of rotatable bonds is 4. The first-order chi connectivity index (χ1) is 10.2. The zero-order chi connectivity index (χ0) is 14.7. The minimum atomic E-state index is 0.452. The Morgan fingerprint density at radius 1 is 1.05 bits per heavy atom. The van der Waals surface area contributed by atoms with Crippen LogP contribution in [0.15, 0.2) is 42.5 Å². The van der Waals surface area contributed by atoms with Gasteiger partial charge in [-0.1, -0.05) is 36.4 Å². The summed E-state index contributed by atoms with van der Waals surface area (Å²) in [7, 11) is 4.37. The van der Waals surface area contributed by atoms with Crippen molar-refractivity contribution in [3.8, 4) is 0 Å². The van der Waals surface area contributed by atoms with Gasteiger partial charge in [0.15, 0.2) is 0 Å². The molecule has 0 bridgehead atoms. The van der Waals surface area contributed by atoms with E-state index >= 15 is 0 Å². The van der Waals surface area contributed by atoms with E-state index in [1.165, 1.54) is 16.3 Å². The van der Waals surface area contributed by atoms with E-state index in [0.717, 1.165) is 32.7 Å². The number of nitrogens with zero attached hydrogens (tertiary/aromatic N) is 2. The van der Waals surface area contributed by atoms with Crippen molar-refractivity contribution in [2.24, 2.45) is 0 Å². The molecule has 1 heterocycles. The Balaban J connectivity index is 1.84. The maximum Gasteiger partial charge on any atom is 0.0469 e. The molecule has 0 saturated carbocycles. The van der Waals surface area contributed by atoms with Gasteiger partial charge >= 0.3 is 0 Å². The van der Waals surface area contributed by atoms with Crippen LogP contribution in [0.4, 0.5) is 0 Å². The van der Waals surface area contributed by atoms with E-state index in [0.29, 0.717) is 6.04 Å².